The van der Waals surface area contributed by atoms with Gasteiger partial charge >= 0.3 is 6.03 Å². The summed E-state index contributed by atoms with van der Waals surface area (Å²) < 4.78 is 10.7. The van der Waals surface area contributed by atoms with Crippen LogP contribution in [0.3, 0.4) is 0 Å². The number of ether oxygens (including phenoxy) is 2. The highest BCUT2D eigenvalue weighted by molar-refractivity contribution is 5.73. The fourth-order valence-electron chi connectivity index (χ4n) is 1.32. The minimum Gasteiger partial charge on any atom is -0.378 e. The van der Waals surface area contributed by atoms with Gasteiger partial charge in [0, 0.05) is 19.6 Å². The number of carbonyl (C=O) groups excluding carboxylic acids is 1. The molecule has 2 amide bonds. The highest BCUT2D eigenvalue weighted by Crippen LogP contribution is 1.86. The smallest absolute Gasteiger partial charge is 0.314 e. The van der Waals surface area contributed by atoms with Crippen LogP contribution >= 0.6 is 0 Å². The summed E-state index contributed by atoms with van der Waals surface area (Å²) in [7, 11) is 0. The van der Waals surface area contributed by atoms with Gasteiger partial charge in [0.1, 0.15) is 0 Å². The molecule has 0 atom stereocenters. The lowest BCUT2D eigenvalue weighted by molar-refractivity contribution is 0.0503. The molecule has 0 saturated heterocycles. The molecule has 0 heterocycles. The van der Waals surface area contributed by atoms with Crippen molar-refractivity contribution in [1.29, 1.82) is 0 Å². The maximum atomic E-state index is 11.0. The van der Waals surface area contributed by atoms with Gasteiger partial charge in [-0.2, -0.15) is 0 Å². The standard InChI is InChI=1S/C13H29N3O3.C2H6/c1-4-15-13(17)16-6-8-19-10-9-18-7-5-14-11-12(2)3;1-2/h12,14H,4-11H2,1-3H3,(H2,15,16,17);1-2H3. The second kappa shape index (κ2) is 19.1. The van der Waals surface area contributed by atoms with Crippen LogP contribution in [-0.4, -0.2) is 58.6 Å². The Bertz CT molecular complexity index is 214. The van der Waals surface area contributed by atoms with Crippen LogP contribution in [0.5, 0.6) is 0 Å². The van der Waals surface area contributed by atoms with Gasteiger partial charge in [0.15, 0.2) is 0 Å². The molecule has 0 spiro atoms. The third-order valence-corrected chi connectivity index (χ3v) is 2.22. The first kappa shape index (κ1) is 22.4. The van der Waals surface area contributed by atoms with Crippen LogP contribution in [-0.2, 0) is 9.47 Å². The number of rotatable bonds is 12. The molecule has 6 nitrogen and oxygen atoms in total. The summed E-state index contributed by atoms with van der Waals surface area (Å²) in [5.74, 6) is 0.667. The first-order valence-electron chi connectivity index (χ1n) is 8.04. The fraction of sp³-hybridized carbons (Fsp3) is 0.933. The van der Waals surface area contributed by atoms with Gasteiger partial charge in [-0.25, -0.2) is 4.79 Å². The van der Waals surface area contributed by atoms with Gasteiger partial charge < -0.3 is 25.4 Å². The average molecular weight is 305 g/mol. The van der Waals surface area contributed by atoms with Crippen LogP contribution in [0.25, 0.3) is 0 Å². The molecular formula is C15H35N3O3. The first-order valence-corrected chi connectivity index (χ1v) is 8.04. The lowest BCUT2D eigenvalue weighted by atomic mass is 10.2. The highest BCUT2D eigenvalue weighted by atomic mass is 16.5. The Morgan fingerprint density at radius 3 is 2.05 bits per heavy atom. The zero-order valence-corrected chi connectivity index (χ0v) is 14.5. The van der Waals surface area contributed by atoms with Crippen molar-refractivity contribution in [2.24, 2.45) is 5.92 Å². The van der Waals surface area contributed by atoms with Gasteiger partial charge in [0.05, 0.1) is 26.4 Å². The summed E-state index contributed by atoms with van der Waals surface area (Å²) in [6.45, 7) is 15.6. The number of hydrogen-bond donors (Lipinski definition) is 3. The predicted molar refractivity (Wildman–Crippen MR) is 87.8 cm³/mol. The van der Waals surface area contributed by atoms with Crippen molar-refractivity contribution in [1.82, 2.24) is 16.0 Å². The molecule has 0 aliphatic rings. The normalized spacial score (nSPS) is 10.0. The van der Waals surface area contributed by atoms with Crippen LogP contribution in [0.2, 0.25) is 0 Å². The summed E-state index contributed by atoms with van der Waals surface area (Å²) in [5, 5.41) is 8.63. The van der Waals surface area contributed by atoms with Gasteiger partial charge in [-0.3, -0.25) is 0 Å². The summed E-state index contributed by atoms with van der Waals surface area (Å²) in [4.78, 5) is 11.0. The molecular weight excluding hydrogens is 270 g/mol. The molecule has 0 rings (SSSR count). The zero-order chi connectivity index (χ0) is 16.3. The summed E-state index contributed by atoms with van der Waals surface area (Å²) >= 11 is 0. The van der Waals surface area contributed by atoms with Crippen LogP contribution in [0, 0.1) is 5.92 Å². The third kappa shape index (κ3) is 21.6. The van der Waals surface area contributed by atoms with Gasteiger partial charge in [0.2, 0.25) is 0 Å². The second-order valence-electron chi connectivity index (χ2n) is 4.61. The summed E-state index contributed by atoms with van der Waals surface area (Å²) in [6, 6.07) is -0.154. The minimum atomic E-state index is -0.154. The van der Waals surface area contributed by atoms with Crippen LogP contribution in [0.15, 0.2) is 0 Å². The van der Waals surface area contributed by atoms with E-state index in [4.69, 9.17) is 9.47 Å². The number of urea groups is 1. The lowest BCUT2D eigenvalue weighted by Gasteiger charge is -2.09. The number of nitrogens with one attached hydrogen (secondary N) is 3. The van der Waals surface area contributed by atoms with Crippen LogP contribution < -0.4 is 16.0 Å². The quantitative estimate of drug-likeness (QED) is 0.479. The van der Waals surface area contributed by atoms with E-state index in [0.29, 0.717) is 45.4 Å². The Morgan fingerprint density at radius 2 is 1.52 bits per heavy atom. The van der Waals surface area contributed by atoms with Gasteiger partial charge in [0.25, 0.3) is 0 Å². The van der Waals surface area contributed by atoms with Crippen molar-refractivity contribution in [3.8, 4) is 0 Å². The van der Waals surface area contributed by atoms with Crippen molar-refractivity contribution in [3.63, 3.8) is 0 Å². The summed E-state index contributed by atoms with van der Waals surface area (Å²) in [5.41, 5.74) is 0. The zero-order valence-electron chi connectivity index (χ0n) is 14.5. The molecule has 0 aromatic carbocycles. The molecule has 0 radical (unpaired) electrons. The topological polar surface area (TPSA) is 71.6 Å². The van der Waals surface area contributed by atoms with Gasteiger partial charge in [-0.05, 0) is 19.4 Å². The molecule has 0 unspecified atom stereocenters. The lowest BCUT2D eigenvalue weighted by Crippen LogP contribution is -2.37. The van der Waals surface area contributed by atoms with E-state index < -0.39 is 0 Å². The van der Waals surface area contributed by atoms with Gasteiger partial charge in [-0.15, -0.1) is 0 Å². The second-order valence-corrected chi connectivity index (χ2v) is 4.61. The van der Waals surface area contributed by atoms with Crippen LogP contribution in [0.1, 0.15) is 34.6 Å². The maximum Gasteiger partial charge on any atom is 0.314 e. The molecule has 0 fully saturated rings. The minimum absolute atomic E-state index is 0.154. The molecule has 0 saturated carbocycles. The number of hydrogen-bond acceptors (Lipinski definition) is 4. The molecule has 0 aromatic rings. The average Bonchev–Trinajstić information content (AvgIpc) is 2.47. The SMILES string of the molecule is CC.CCNC(=O)NCCOCCOCCNCC(C)C. The van der Waals surface area contributed by atoms with Crippen molar-refractivity contribution < 1.29 is 14.3 Å². The van der Waals surface area contributed by atoms with E-state index in [1.54, 1.807) is 0 Å². The number of carbonyl (C=O) groups is 1. The molecule has 128 valence electrons. The van der Waals surface area contributed by atoms with E-state index >= 15 is 0 Å². The molecule has 0 aliphatic heterocycles. The molecule has 0 aromatic heterocycles. The molecule has 21 heavy (non-hydrogen) atoms. The van der Waals surface area contributed by atoms with Gasteiger partial charge in [-0.1, -0.05) is 27.7 Å². The third-order valence-electron chi connectivity index (χ3n) is 2.22. The Morgan fingerprint density at radius 1 is 0.952 bits per heavy atom. The van der Waals surface area contributed by atoms with Crippen molar-refractivity contribution in [2.75, 3.05) is 52.6 Å². The fourth-order valence-corrected chi connectivity index (χ4v) is 1.32. The highest BCUT2D eigenvalue weighted by Gasteiger charge is 1.96. The van der Waals surface area contributed by atoms with E-state index in [9.17, 15) is 4.79 Å². The van der Waals surface area contributed by atoms with Crippen LogP contribution in [0.4, 0.5) is 4.79 Å². The van der Waals surface area contributed by atoms with E-state index in [-0.39, 0.29) is 6.03 Å². The molecule has 0 aliphatic carbocycles. The van der Waals surface area contributed by atoms with E-state index in [0.717, 1.165) is 13.1 Å². The number of amides is 2. The monoisotopic (exact) mass is 305 g/mol. The first-order chi connectivity index (χ1) is 10.2. The molecule has 6 heteroatoms. The predicted octanol–water partition coefficient (Wildman–Crippen LogP) is 1.61. The maximum absolute atomic E-state index is 11.0. The Kier molecular flexibility index (Phi) is 20.5. The Labute approximate surface area is 130 Å². The molecule has 0 bridgehead atoms. The Hall–Kier alpha value is -0.850. The molecule has 3 N–H and O–H groups in total. The Balaban J connectivity index is 0. The van der Waals surface area contributed by atoms with Crippen molar-refractivity contribution >= 4 is 6.03 Å². The largest absolute Gasteiger partial charge is 0.378 e. The van der Waals surface area contributed by atoms with Crippen molar-refractivity contribution in [3.05, 3.63) is 0 Å². The summed E-state index contributed by atoms with van der Waals surface area (Å²) in [6.07, 6.45) is 0. The van der Waals surface area contributed by atoms with E-state index in [2.05, 4.69) is 29.8 Å². The van der Waals surface area contributed by atoms with E-state index in [1.807, 2.05) is 20.8 Å². The van der Waals surface area contributed by atoms with E-state index in [1.165, 1.54) is 0 Å². The van der Waals surface area contributed by atoms with Crippen molar-refractivity contribution in [2.45, 2.75) is 34.6 Å².